The fraction of sp³-hybridized carbons (Fsp3) is 0.214. The highest BCUT2D eigenvalue weighted by Gasteiger charge is 2.32. The van der Waals surface area contributed by atoms with Crippen molar-refractivity contribution in [1.29, 1.82) is 0 Å². The highest BCUT2D eigenvalue weighted by atomic mass is 16.5. The number of aliphatic hydroxyl groups is 1. The maximum absolute atomic E-state index is 11.6. The van der Waals surface area contributed by atoms with Crippen molar-refractivity contribution in [2.75, 3.05) is 0 Å². The van der Waals surface area contributed by atoms with Crippen LogP contribution in [-0.4, -0.2) is 22.1 Å². The zero-order chi connectivity index (χ0) is 12.3. The number of rotatable bonds is 3. The Balaban J connectivity index is 2.26. The van der Waals surface area contributed by atoms with Crippen LogP contribution in [0.5, 0.6) is 0 Å². The minimum absolute atomic E-state index is 0.266. The molecule has 17 heavy (non-hydrogen) atoms. The molecule has 0 spiro atoms. The second kappa shape index (κ2) is 4.97. The van der Waals surface area contributed by atoms with Gasteiger partial charge >= 0.3 is 0 Å². The molecule has 0 bridgehead atoms. The topological polar surface area (TPSA) is 46.3 Å². The van der Waals surface area contributed by atoms with Crippen LogP contribution in [-0.2, 0) is 0 Å². The highest BCUT2D eigenvalue weighted by molar-refractivity contribution is 5.67. The van der Waals surface area contributed by atoms with Gasteiger partial charge in [-0.25, -0.2) is 4.74 Å². The largest absolute Gasteiger partial charge is 0.623 e. The molecule has 88 valence electrons. The number of allylic oxidation sites excluding steroid dienone is 1. The van der Waals surface area contributed by atoms with E-state index >= 15 is 0 Å². The molecule has 0 aliphatic carbocycles. The van der Waals surface area contributed by atoms with Gasteiger partial charge in [0.2, 0.25) is 0 Å². The Morgan fingerprint density at radius 3 is 2.71 bits per heavy atom. The van der Waals surface area contributed by atoms with Gasteiger partial charge in [-0.3, -0.25) is 0 Å². The summed E-state index contributed by atoms with van der Waals surface area (Å²) in [6.07, 6.45) is 5.84. The summed E-state index contributed by atoms with van der Waals surface area (Å²) < 4.78 is 0.823. The van der Waals surface area contributed by atoms with E-state index < -0.39 is 12.1 Å². The van der Waals surface area contributed by atoms with E-state index in [2.05, 4.69) is 6.58 Å². The van der Waals surface area contributed by atoms with Crippen LogP contribution in [0.15, 0.2) is 55.1 Å². The first-order valence-corrected chi connectivity index (χ1v) is 5.56. The zero-order valence-corrected chi connectivity index (χ0v) is 9.44. The molecule has 3 heteroatoms. The molecule has 1 aromatic carbocycles. The van der Waals surface area contributed by atoms with Crippen LogP contribution in [0.25, 0.3) is 0 Å². The summed E-state index contributed by atoms with van der Waals surface area (Å²) in [4.78, 5) is 0. The number of hydroxylamine groups is 1. The molecule has 3 nitrogen and oxygen atoms in total. The van der Waals surface area contributed by atoms with Crippen LogP contribution in [0.2, 0.25) is 0 Å². The lowest BCUT2D eigenvalue weighted by molar-refractivity contribution is -0.494. The fourth-order valence-electron chi connectivity index (χ4n) is 2.07. The third-order valence-corrected chi connectivity index (χ3v) is 3.00. The summed E-state index contributed by atoms with van der Waals surface area (Å²) in [5.41, 5.74) is 0.810. The Morgan fingerprint density at radius 1 is 1.35 bits per heavy atom. The van der Waals surface area contributed by atoms with E-state index in [1.807, 2.05) is 36.4 Å². The minimum Gasteiger partial charge on any atom is -0.623 e. The molecule has 0 saturated carbocycles. The van der Waals surface area contributed by atoms with Gasteiger partial charge in [-0.05, 0) is 17.7 Å². The van der Waals surface area contributed by atoms with E-state index in [1.165, 1.54) is 6.21 Å². The van der Waals surface area contributed by atoms with Gasteiger partial charge < -0.3 is 10.3 Å². The third-order valence-electron chi connectivity index (χ3n) is 3.00. The first-order chi connectivity index (χ1) is 8.24. The molecular weight excluding hydrogens is 214 g/mol. The van der Waals surface area contributed by atoms with Gasteiger partial charge in [-0.2, -0.15) is 0 Å². The predicted molar refractivity (Wildman–Crippen MR) is 67.7 cm³/mol. The van der Waals surface area contributed by atoms with Crippen LogP contribution in [0.3, 0.4) is 0 Å². The molecule has 1 aromatic rings. The second-order valence-electron chi connectivity index (χ2n) is 4.05. The van der Waals surface area contributed by atoms with E-state index in [-0.39, 0.29) is 5.92 Å². The Morgan fingerprint density at radius 2 is 2.06 bits per heavy atom. The average molecular weight is 229 g/mol. The smallest absolute Gasteiger partial charge is 0.190 e. The summed E-state index contributed by atoms with van der Waals surface area (Å²) >= 11 is 0. The maximum Gasteiger partial charge on any atom is 0.190 e. The van der Waals surface area contributed by atoms with E-state index in [1.54, 1.807) is 12.2 Å². The number of hydrogen-bond acceptors (Lipinski definition) is 2. The van der Waals surface area contributed by atoms with Crippen molar-refractivity contribution in [3.8, 4) is 0 Å². The molecule has 1 heterocycles. The SMILES string of the molecule is C=C[C@H]1[C@H](C(O)c2ccccc2)C=CC=[N+]1[O-]. The first-order valence-electron chi connectivity index (χ1n) is 5.56. The summed E-state index contributed by atoms with van der Waals surface area (Å²) in [7, 11) is 0. The molecule has 0 fully saturated rings. The van der Waals surface area contributed by atoms with Crippen LogP contribution in [0.4, 0.5) is 0 Å². The van der Waals surface area contributed by atoms with Gasteiger partial charge in [0.25, 0.3) is 0 Å². The summed E-state index contributed by atoms with van der Waals surface area (Å²) in [5.74, 6) is -0.266. The number of nitrogens with zero attached hydrogens (tertiary/aromatic N) is 1. The van der Waals surface area contributed by atoms with Gasteiger partial charge in [0.15, 0.2) is 12.3 Å². The molecular formula is C14H15NO2. The lowest BCUT2D eigenvalue weighted by atomic mass is 9.88. The Bertz CT molecular complexity index is 451. The molecule has 1 aliphatic heterocycles. The zero-order valence-electron chi connectivity index (χ0n) is 9.44. The molecule has 2 rings (SSSR count). The van der Waals surface area contributed by atoms with Crippen molar-refractivity contribution in [3.63, 3.8) is 0 Å². The van der Waals surface area contributed by atoms with Gasteiger partial charge in [0, 0.05) is 0 Å². The van der Waals surface area contributed by atoms with Gasteiger partial charge in [-0.15, -0.1) is 0 Å². The second-order valence-corrected chi connectivity index (χ2v) is 4.05. The highest BCUT2D eigenvalue weighted by Crippen LogP contribution is 2.28. The van der Waals surface area contributed by atoms with E-state index in [9.17, 15) is 10.3 Å². The van der Waals surface area contributed by atoms with Crippen LogP contribution in [0.1, 0.15) is 11.7 Å². The molecule has 0 radical (unpaired) electrons. The summed E-state index contributed by atoms with van der Waals surface area (Å²) in [5, 5.41) is 21.9. The Hall–Kier alpha value is -1.87. The fourth-order valence-corrected chi connectivity index (χ4v) is 2.07. The Labute approximate surface area is 101 Å². The van der Waals surface area contributed by atoms with Crippen molar-refractivity contribution in [2.24, 2.45) is 5.92 Å². The molecule has 3 atom stereocenters. The molecule has 1 N–H and O–H groups in total. The standard InChI is InChI=1S/C14H15NO2/c1-2-13-12(9-6-10-15(13)17)14(16)11-7-4-3-5-8-11/h2-10,12-14,16H,1H2/t12-,13+,14?/m1/s1. The van der Waals surface area contributed by atoms with Crippen LogP contribution < -0.4 is 0 Å². The maximum atomic E-state index is 11.6. The quantitative estimate of drug-likeness (QED) is 0.490. The normalized spacial score (nSPS) is 25.1. The Kier molecular flexibility index (Phi) is 3.40. The van der Waals surface area contributed by atoms with E-state index in [4.69, 9.17) is 0 Å². The summed E-state index contributed by atoms with van der Waals surface area (Å²) in [6, 6.07) is 8.92. The monoisotopic (exact) mass is 229 g/mol. The summed E-state index contributed by atoms with van der Waals surface area (Å²) in [6.45, 7) is 3.65. The first kappa shape index (κ1) is 11.6. The molecule has 0 aromatic heterocycles. The number of benzene rings is 1. The third kappa shape index (κ3) is 2.29. The molecule has 0 saturated heterocycles. The minimum atomic E-state index is -0.694. The lowest BCUT2D eigenvalue weighted by Gasteiger charge is -2.27. The van der Waals surface area contributed by atoms with Crippen LogP contribution in [0, 0.1) is 11.1 Å². The van der Waals surface area contributed by atoms with Crippen molar-refractivity contribution in [1.82, 2.24) is 0 Å². The van der Waals surface area contributed by atoms with Crippen molar-refractivity contribution < 1.29 is 9.85 Å². The average Bonchev–Trinajstić information content (AvgIpc) is 2.38. The molecule has 1 aliphatic rings. The predicted octanol–water partition coefficient (Wildman–Crippen LogP) is 2.04. The van der Waals surface area contributed by atoms with Crippen molar-refractivity contribution in [3.05, 3.63) is 65.9 Å². The van der Waals surface area contributed by atoms with Crippen LogP contribution >= 0.6 is 0 Å². The lowest BCUT2D eigenvalue weighted by Crippen LogP contribution is -2.34. The van der Waals surface area contributed by atoms with E-state index in [0.717, 1.165) is 10.3 Å². The molecule has 0 amide bonds. The van der Waals surface area contributed by atoms with Gasteiger partial charge in [0.1, 0.15) is 0 Å². The number of hydrogen-bond donors (Lipinski definition) is 1. The molecule has 1 unspecified atom stereocenters. The van der Waals surface area contributed by atoms with Crippen molar-refractivity contribution in [2.45, 2.75) is 12.1 Å². The van der Waals surface area contributed by atoms with Gasteiger partial charge in [0.05, 0.1) is 12.0 Å². The van der Waals surface area contributed by atoms with Gasteiger partial charge in [-0.1, -0.05) is 43.0 Å². The van der Waals surface area contributed by atoms with E-state index in [0.29, 0.717) is 0 Å². The van der Waals surface area contributed by atoms with Crippen molar-refractivity contribution >= 4 is 6.21 Å². The number of aliphatic hydroxyl groups excluding tert-OH is 1.